The monoisotopic (exact) mass is 1020 g/mol. The van der Waals surface area contributed by atoms with Gasteiger partial charge in [-0.3, -0.25) is 4.79 Å². The van der Waals surface area contributed by atoms with Crippen molar-refractivity contribution in [1.82, 2.24) is 5.32 Å². The van der Waals surface area contributed by atoms with E-state index in [2.05, 4.69) is 5.32 Å². The van der Waals surface area contributed by atoms with Crippen molar-refractivity contribution < 1.29 is 149 Å². The largest absolute Gasteiger partial charge is 0.394 e. The fraction of sp³-hybridized carbons (Fsp3) is 0.974. The predicted octanol–water partition coefficient (Wildman–Crippen LogP) is -12.9. The fourth-order valence-electron chi connectivity index (χ4n) is 8.83. The van der Waals surface area contributed by atoms with Crippen LogP contribution in [-0.2, 0) is 56.9 Å². The molecule has 0 spiro atoms. The van der Waals surface area contributed by atoms with Gasteiger partial charge in [0.25, 0.3) is 0 Å². The Labute approximate surface area is 390 Å². The lowest BCUT2D eigenvalue weighted by molar-refractivity contribution is -0.405. The molecule has 0 aromatic rings. The Morgan fingerprint density at radius 1 is 0.377 bits per heavy atom. The van der Waals surface area contributed by atoms with Crippen molar-refractivity contribution >= 4 is 5.91 Å². The standard InChI is InChI=1S/C38H65NO30/c1-8-16(46)21(51)25(55)35(59-8)69-32-31(68-36-26(56)22(52)17(47)10(3-40)61-36)19(49)12(5-42)63-38(32)66-28-14(7-44)64-34(15(20(28)50)39-9(2)45)67-30-18(48)11(4-41)62-37(27(30)57)65-29-13(6-43)60-33(58)24(54)23(29)53/h8,10-38,40-44,46-58H,3-7H2,1-2H3,(H,39,45)/t8-,10+,11+,12+,13+,14+,15+,16+,17-,18-,19-,20+,21+,22-,23+,24+,25-,26+,27+,28-,29+,30-,31-,32+,33+,34-,35-,36+,37-,38-/m0/s1. The minimum absolute atomic E-state index is 0.869. The molecule has 6 rings (SSSR count). The molecule has 1 amide bonds. The molecule has 69 heavy (non-hydrogen) atoms. The first-order valence-electron chi connectivity index (χ1n) is 22.0. The van der Waals surface area contributed by atoms with Crippen LogP contribution in [0.2, 0.25) is 0 Å². The first kappa shape index (κ1) is 56.6. The van der Waals surface area contributed by atoms with Gasteiger partial charge in [-0.15, -0.1) is 0 Å². The van der Waals surface area contributed by atoms with E-state index in [4.69, 9.17) is 52.1 Å². The van der Waals surface area contributed by atoms with Crippen LogP contribution in [-0.4, -0.2) is 315 Å². The van der Waals surface area contributed by atoms with Crippen molar-refractivity contribution in [2.24, 2.45) is 0 Å². The Bertz CT molecular complexity index is 1610. The van der Waals surface area contributed by atoms with Crippen LogP contribution < -0.4 is 5.32 Å². The smallest absolute Gasteiger partial charge is 0.217 e. The Morgan fingerprint density at radius 3 is 1.35 bits per heavy atom. The lowest BCUT2D eigenvalue weighted by Gasteiger charge is -2.51. The van der Waals surface area contributed by atoms with Crippen molar-refractivity contribution in [3.05, 3.63) is 0 Å². The van der Waals surface area contributed by atoms with E-state index < -0.39 is 223 Å². The second-order valence-corrected chi connectivity index (χ2v) is 17.5. The lowest BCUT2D eigenvalue weighted by Crippen LogP contribution is -2.70. The molecular formula is C38H65NO30. The molecule has 31 nitrogen and oxygen atoms in total. The van der Waals surface area contributed by atoms with E-state index >= 15 is 0 Å². The molecule has 6 saturated heterocycles. The van der Waals surface area contributed by atoms with Gasteiger partial charge in [0.2, 0.25) is 5.91 Å². The summed E-state index contributed by atoms with van der Waals surface area (Å²) in [4.78, 5) is 12.7. The molecule has 0 bridgehead atoms. The molecule has 0 radical (unpaired) electrons. The Kier molecular flexibility index (Phi) is 19.8. The molecule has 31 heteroatoms. The van der Waals surface area contributed by atoms with Crippen LogP contribution in [0.25, 0.3) is 0 Å². The third-order valence-corrected chi connectivity index (χ3v) is 12.8. The van der Waals surface area contributed by atoms with Crippen molar-refractivity contribution in [2.75, 3.05) is 33.0 Å². The van der Waals surface area contributed by atoms with Crippen molar-refractivity contribution in [1.29, 1.82) is 0 Å². The van der Waals surface area contributed by atoms with Crippen molar-refractivity contribution in [3.63, 3.8) is 0 Å². The summed E-state index contributed by atoms with van der Waals surface area (Å²) < 4.78 is 63.1. The van der Waals surface area contributed by atoms with E-state index in [9.17, 15) is 96.7 Å². The van der Waals surface area contributed by atoms with Crippen LogP contribution in [0.4, 0.5) is 0 Å². The number of carbonyl (C=O) groups is 1. The van der Waals surface area contributed by atoms with Crippen LogP contribution in [0.1, 0.15) is 13.8 Å². The summed E-state index contributed by atoms with van der Waals surface area (Å²) in [6.07, 6.45) is -55.0. The summed E-state index contributed by atoms with van der Waals surface area (Å²) in [5, 5.41) is 194. The maximum absolute atomic E-state index is 12.7. The molecule has 402 valence electrons. The van der Waals surface area contributed by atoms with Gasteiger partial charge in [-0.1, -0.05) is 0 Å². The quantitative estimate of drug-likeness (QED) is 0.0682. The van der Waals surface area contributed by atoms with Crippen molar-refractivity contribution in [3.8, 4) is 0 Å². The Balaban J connectivity index is 1.30. The molecule has 6 aliphatic heterocycles. The molecule has 6 fully saturated rings. The summed E-state index contributed by atoms with van der Waals surface area (Å²) in [6.45, 7) is -2.63. The van der Waals surface area contributed by atoms with Crippen LogP contribution in [0, 0.1) is 0 Å². The van der Waals surface area contributed by atoms with Gasteiger partial charge in [0.05, 0.1) is 39.1 Å². The SMILES string of the molecule is CC(=O)N[C@H]1[C@H](O[C@H]2[C@@H](O)[C@@H](CO)O[C@@H](O[C@H]3[C@H](O)[C@@H](O)[C@H](O)O[C@@H]3CO)[C@@H]2O)O[C@H](CO)[C@H](O[C@@H]2O[C@H](CO)[C@H](O)[C@H](O[C@H]3O[C@H](CO)[C@H](O)[C@H](O)[C@H]3O)[C@H]2O[C@@H]2O[C@@H](C)[C@@H](O)[C@@H](O)[C@@H]2O)[C@@H]1O. The summed E-state index contributed by atoms with van der Waals surface area (Å²) in [6, 6.07) is -1.82. The molecule has 0 aromatic carbocycles. The van der Waals surface area contributed by atoms with Gasteiger partial charge >= 0.3 is 0 Å². The average molecular weight is 1020 g/mol. The number of hydrogen-bond donors (Lipinski definition) is 19. The van der Waals surface area contributed by atoms with Gasteiger partial charge in [-0.25, -0.2) is 0 Å². The topological polar surface area (TPSA) is 495 Å². The Morgan fingerprint density at radius 2 is 0.783 bits per heavy atom. The summed E-state index contributed by atoms with van der Waals surface area (Å²) in [7, 11) is 0. The molecule has 6 aliphatic rings. The van der Waals surface area contributed by atoms with Gasteiger partial charge in [-0.05, 0) is 6.92 Å². The predicted molar refractivity (Wildman–Crippen MR) is 209 cm³/mol. The average Bonchev–Trinajstić information content (AvgIpc) is 3.32. The zero-order valence-electron chi connectivity index (χ0n) is 36.8. The lowest BCUT2D eigenvalue weighted by atomic mass is 9.94. The number of hydrogen-bond acceptors (Lipinski definition) is 30. The number of aliphatic hydroxyl groups excluding tert-OH is 18. The van der Waals surface area contributed by atoms with Crippen LogP contribution in [0.3, 0.4) is 0 Å². The highest BCUT2D eigenvalue weighted by Gasteiger charge is 2.58. The Hall–Kier alpha value is -1.69. The van der Waals surface area contributed by atoms with Gasteiger partial charge < -0.3 is 149 Å². The van der Waals surface area contributed by atoms with Crippen molar-refractivity contribution in [2.45, 2.75) is 198 Å². The number of aliphatic hydroxyl groups is 18. The molecule has 19 N–H and O–H groups in total. The molecular weight excluding hydrogens is 950 g/mol. The second kappa shape index (κ2) is 24.1. The normalized spacial score (nSPS) is 52.1. The third kappa shape index (κ3) is 11.8. The highest BCUT2D eigenvalue weighted by Crippen LogP contribution is 2.38. The van der Waals surface area contributed by atoms with Gasteiger partial charge in [0, 0.05) is 6.92 Å². The van der Waals surface area contributed by atoms with E-state index in [1.807, 2.05) is 0 Å². The summed E-state index contributed by atoms with van der Waals surface area (Å²) in [5.41, 5.74) is 0. The van der Waals surface area contributed by atoms with E-state index in [-0.39, 0.29) is 0 Å². The zero-order valence-corrected chi connectivity index (χ0v) is 36.8. The minimum Gasteiger partial charge on any atom is -0.394 e. The molecule has 0 saturated carbocycles. The molecule has 0 unspecified atom stereocenters. The van der Waals surface area contributed by atoms with E-state index in [0.29, 0.717) is 0 Å². The number of nitrogens with one attached hydrogen (secondary N) is 1. The number of rotatable bonds is 16. The van der Waals surface area contributed by atoms with Gasteiger partial charge in [0.15, 0.2) is 37.7 Å². The highest BCUT2D eigenvalue weighted by molar-refractivity contribution is 5.73. The molecule has 0 aromatic heterocycles. The molecule has 30 atom stereocenters. The van der Waals surface area contributed by atoms with E-state index in [0.717, 1.165) is 6.92 Å². The number of carbonyl (C=O) groups excluding carboxylic acids is 1. The highest BCUT2D eigenvalue weighted by atomic mass is 16.8. The van der Waals surface area contributed by atoms with E-state index in [1.165, 1.54) is 6.92 Å². The minimum atomic E-state index is -2.14. The van der Waals surface area contributed by atoms with Crippen LogP contribution >= 0.6 is 0 Å². The molecule has 0 aliphatic carbocycles. The fourth-order valence-corrected chi connectivity index (χ4v) is 8.83. The zero-order chi connectivity index (χ0) is 50.9. The second-order valence-electron chi connectivity index (χ2n) is 17.5. The maximum Gasteiger partial charge on any atom is 0.217 e. The van der Waals surface area contributed by atoms with E-state index in [1.54, 1.807) is 0 Å². The number of ether oxygens (including phenoxy) is 11. The van der Waals surface area contributed by atoms with Crippen LogP contribution in [0.15, 0.2) is 0 Å². The maximum atomic E-state index is 12.7. The molecule has 6 heterocycles. The van der Waals surface area contributed by atoms with Crippen LogP contribution in [0.5, 0.6) is 0 Å². The number of amides is 1. The summed E-state index contributed by atoms with van der Waals surface area (Å²) >= 11 is 0. The third-order valence-electron chi connectivity index (χ3n) is 12.8. The van der Waals surface area contributed by atoms with Gasteiger partial charge in [0.1, 0.15) is 140 Å². The van der Waals surface area contributed by atoms with Gasteiger partial charge in [-0.2, -0.15) is 0 Å². The summed E-state index contributed by atoms with van der Waals surface area (Å²) in [5.74, 6) is -0.869. The first-order chi connectivity index (χ1) is 32.6. The first-order valence-corrected chi connectivity index (χ1v) is 22.0.